The molecule has 3 rings (SSSR count). The maximum atomic E-state index is 12.3. The van der Waals surface area contributed by atoms with Gasteiger partial charge in [0.05, 0.1) is 15.6 Å². The number of halogens is 1. The van der Waals surface area contributed by atoms with E-state index in [0.29, 0.717) is 0 Å². The molecule has 1 aliphatic carbocycles. The first-order valence-electron chi connectivity index (χ1n) is 6.86. The van der Waals surface area contributed by atoms with E-state index in [2.05, 4.69) is 5.32 Å². The highest BCUT2D eigenvalue weighted by molar-refractivity contribution is 6.33. The van der Waals surface area contributed by atoms with E-state index in [9.17, 15) is 14.9 Å². The van der Waals surface area contributed by atoms with Crippen molar-refractivity contribution >= 4 is 28.9 Å². The summed E-state index contributed by atoms with van der Waals surface area (Å²) in [6.07, 6.45) is 0.780. The molecule has 1 aliphatic rings. The maximum Gasteiger partial charge on any atom is 0.271 e. The number of benzene rings is 2. The summed E-state index contributed by atoms with van der Waals surface area (Å²) in [6, 6.07) is 13.8. The number of nitrogens with zero attached hydrogens (tertiary/aromatic N) is 1. The Morgan fingerprint density at radius 2 is 1.95 bits per heavy atom. The monoisotopic (exact) mass is 316 g/mol. The van der Waals surface area contributed by atoms with Crippen LogP contribution in [0.5, 0.6) is 0 Å². The van der Waals surface area contributed by atoms with Crippen LogP contribution in [0.15, 0.2) is 48.5 Å². The standard InChI is InChI=1S/C16H13ClN2O3/c17-14-7-6-11(19(21)22)8-15(14)18-16(20)13-9-12(13)10-4-2-1-3-5-10/h1-8,12-13H,9H2,(H,18,20)/t12-,13-/m0/s1. The van der Waals surface area contributed by atoms with E-state index in [1.54, 1.807) is 0 Å². The topological polar surface area (TPSA) is 72.2 Å². The Bertz CT molecular complexity index is 733. The molecule has 2 atom stereocenters. The lowest BCUT2D eigenvalue weighted by Crippen LogP contribution is -2.15. The zero-order valence-corrected chi connectivity index (χ0v) is 12.3. The third-order valence-corrected chi connectivity index (χ3v) is 4.10. The van der Waals surface area contributed by atoms with E-state index in [-0.39, 0.29) is 34.1 Å². The second kappa shape index (κ2) is 5.77. The number of nitrogens with one attached hydrogen (secondary N) is 1. The van der Waals surface area contributed by atoms with Gasteiger partial charge in [0.25, 0.3) is 5.69 Å². The molecule has 0 unspecified atom stereocenters. The van der Waals surface area contributed by atoms with Gasteiger partial charge >= 0.3 is 0 Å². The molecule has 0 radical (unpaired) electrons. The third-order valence-electron chi connectivity index (χ3n) is 3.77. The van der Waals surface area contributed by atoms with E-state index in [1.165, 1.54) is 18.2 Å². The van der Waals surface area contributed by atoms with Crippen molar-refractivity contribution in [1.82, 2.24) is 0 Å². The molecule has 2 aromatic carbocycles. The van der Waals surface area contributed by atoms with Gasteiger partial charge in [-0.3, -0.25) is 14.9 Å². The Morgan fingerprint density at radius 1 is 1.23 bits per heavy atom. The van der Waals surface area contributed by atoms with Crippen molar-refractivity contribution in [3.63, 3.8) is 0 Å². The molecule has 0 heterocycles. The number of anilines is 1. The fourth-order valence-corrected chi connectivity index (χ4v) is 2.67. The first-order chi connectivity index (χ1) is 10.6. The molecule has 1 N–H and O–H groups in total. The molecule has 1 fully saturated rings. The van der Waals surface area contributed by atoms with Crippen LogP contribution in [0.25, 0.3) is 0 Å². The summed E-state index contributed by atoms with van der Waals surface area (Å²) in [7, 11) is 0. The third kappa shape index (κ3) is 2.94. The van der Waals surface area contributed by atoms with E-state index in [0.717, 1.165) is 12.0 Å². The molecule has 1 amide bonds. The predicted molar refractivity (Wildman–Crippen MR) is 84.0 cm³/mol. The molecule has 0 bridgehead atoms. The maximum absolute atomic E-state index is 12.3. The first kappa shape index (κ1) is 14.5. The Kier molecular flexibility index (Phi) is 3.81. The van der Waals surface area contributed by atoms with Gasteiger partial charge in [0.2, 0.25) is 5.91 Å². The predicted octanol–water partition coefficient (Wildman–Crippen LogP) is 3.99. The number of amides is 1. The summed E-state index contributed by atoms with van der Waals surface area (Å²) < 4.78 is 0. The van der Waals surface area contributed by atoms with Crippen LogP contribution in [0.4, 0.5) is 11.4 Å². The number of nitro benzene ring substituents is 1. The number of rotatable bonds is 4. The van der Waals surface area contributed by atoms with Gasteiger partial charge < -0.3 is 5.32 Å². The second-order valence-corrected chi connectivity index (χ2v) is 5.68. The fraction of sp³-hybridized carbons (Fsp3) is 0.188. The highest BCUT2D eigenvalue weighted by Gasteiger charge is 2.43. The fourth-order valence-electron chi connectivity index (χ4n) is 2.50. The quantitative estimate of drug-likeness (QED) is 0.684. The molecule has 5 nitrogen and oxygen atoms in total. The van der Waals surface area contributed by atoms with Gasteiger partial charge in [0, 0.05) is 18.1 Å². The van der Waals surface area contributed by atoms with Crippen LogP contribution in [0, 0.1) is 16.0 Å². The summed E-state index contributed by atoms with van der Waals surface area (Å²) in [5.74, 6) is -0.0624. The molecular formula is C16H13ClN2O3. The van der Waals surface area contributed by atoms with E-state index >= 15 is 0 Å². The van der Waals surface area contributed by atoms with E-state index in [4.69, 9.17) is 11.6 Å². The van der Waals surface area contributed by atoms with Crippen molar-refractivity contribution < 1.29 is 9.72 Å². The summed E-state index contributed by atoms with van der Waals surface area (Å²) in [4.78, 5) is 22.5. The number of carbonyl (C=O) groups excluding carboxylic acids is 1. The van der Waals surface area contributed by atoms with E-state index < -0.39 is 4.92 Å². The minimum Gasteiger partial charge on any atom is -0.324 e. The average Bonchev–Trinajstić information content (AvgIpc) is 3.31. The van der Waals surface area contributed by atoms with Crippen LogP contribution in [-0.4, -0.2) is 10.8 Å². The lowest BCUT2D eigenvalue weighted by molar-refractivity contribution is -0.384. The first-order valence-corrected chi connectivity index (χ1v) is 7.24. The molecule has 6 heteroatoms. The summed E-state index contributed by atoms with van der Waals surface area (Å²) >= 11 is 5.99. The van der Waals surface area contributed by atoms with Gasteiger partial charge in [-0.1, -0.05) is 41.9 Å². The highest BCUT2D eigenvalue weighted by Crippen LogP contribution is 2.48. The number of hydrogen-bond acceptors (Lipinski definition) is 3. The Hall–Kier alpha value is -2.40. The zero-order chi connectivity index (χ0) is 15.7. The van der Waals surface area contributed by atoms with Crippen LogP contribution in [-0.2, 0) is 4.79 Å². The molecule has 0 aromatic heterocycles. The van der Waals surface area contributed by atoms with Crippen molar-refractivity contribution in [2.75, 3.05) is 5.32 Å². The van der Waals surface area contributed by atoms with E-state index in [1.807, 2.05) is 30.3 Å². The molecular weight excluding hydrogens is 304 g/mol. The number of carbonyl (C=O) groups is 1. The molecule has 1 saturated carbocycles. The van der Waals surface area contributed by atoms with Crippen molar-refractivity contribution in [2.45, 2.75) is 12.3 Å². The van der Waals surface area contributed by atoms with Gasteiger partial charge in [0.15, 0.2) is 0 Å². The van der Waals surface area contributed by atoms with Gasteiger partial charge in [0.1, 0.15) is 0 Å². The van der Waals surface area contributed by atoms with Crippen LogP contribution in [0.1, 0.15) is 17.9 Å². The minimum atomic E-state index is -0.518. The molecule has 0 saturated heterocycles. The molecule has 0 aliphatic heterocycles. The number of nitro groups is 1. The van der Waals surface area contributed by atoms with Crippen molar-refractivity contribution in [3.8, 4) is 0 Å². The van der Waals surface area contributed by atoms with Gasteiger partial charge in [-0.15, -0.1) is 0 Å². The van der Waals surface area contributed by atoms with Crippen LogP contribution in [0.2, 0.25) is 5.02 Å². The molecule has 2 aromatic rings. The smallest absolute Gasteiger partial charge is 0.271 e. The Labute approximate surface area is 132 Å². The van der Waals surface area contributed by atoms with Gasteiger partial charge in [-0.05, 0) is 24.0 Å². The largest absolute Gasteiger partial charge is 0.324 e. The highest BCUT2D eigenvalue weighted by atomic mass is 35.5. The SMILES string of the molecule is O=C(Nc1cc([N+](=O)[O-])ccc1Cl)[C@H]1C[C@H]1c1ccccc1. The van der Waals surface area contributed by atoms with Crippen LogP contribution >= 0.6 is 11.6 Å². The van der Waals surface area contributed by atoms with Crippen molar-refractivity contribution in [1.29, 1.82) is 0 Å². The molecule has 112 valence electrons. The minimum absolute atomic E-state index is 0.102. The summed E-state index contributed by atoms with van der Waals surface area (Å²) in [6.45, 7) is 0. The normalized spacial score (nSPS) is 19.5. The number of non-ortho nitro benzene ring substituents is 1. The Balaban J connectivity index is 1.71. The number of hydrogen-bond donors (Lipinski definition) is 1. The van der Waals surface area contributed by atoms with Crippen molar-refractivity contribution in [2.24, 2.45) is 5.92 Å². The van der Waals surface area contributed by atoms with Gasteiger partial charge in [-0.2, -0.15) is 0 Å². The van der Waals surface area contributed by atoms with Crippen molar-refractivity contribution in [3.05, 3.63) is 69.2 Å². The summed E-state index contributed by atoms with van der Waals surface area (Å²) in [5, 5.41) is 13.8. The lowest BCUT2D eigenvalue weighted by Gasteiger charge is -2.07. The van der Waals surface area contributed by atoms with Crippen LogP contribution < -0.4 is 5.32 Å². The molecule has 0 spiro atoms. The lowest BCUT2D eigenvalue weighted by atomic mass is 10.1. The molecule has 22 heavy (non-hydrogen) atoms. The average molecular weight is 317 g/mol. The second-order valence-electron chi connectivity index (χ2n) is 5.27. The summed E-state index contributed by atoms with van der Waals surface area (Å²) in [5.41, 5.74) is 1.31. The Morgan fingerprint density at radius 3 is 2.64 bits per heavy atom. The van der Waals surface area contributed by atoms with Gasteiger partial charge in [-0.25, -0.2) is 0 Å². The van der Waals surface area contributed by atoms with Crippen LogP contribution in [0.3, 0.4) is 0 Å². The zero-order valence-electron chi connectivity index (χ0n) is 11.5.